The third-order valence-corrected chi connectivity index (χ3v) is 4.75. The maximum atomic E-state index is 12.1. The topological polar surface area (TPSA) is 41.1 Å². The van der Waals surface area contributed by atoms with Crippen molar-refractivity contribution in [1.29, 1.82) is 0 Å². The van der Waals surface area contributed by atoms with Crippen LogP contribution in [0.15, 0.2) is 0 Å². The van der Waals surface area contributed by atoms with Crippen LogP contribution in [0.25, 0.3) is 0 Å². The van der Waals surface area contributed by atoms with Crippen molar-refractivity contribution in [3.05, 3.63) is 0 Å². The van der Waals surface area contributed by atoms with Gasteiger partial charge in [-0.25, -0.2) is 0 Å². The molecular formula is C14H26N2O. The Morgan fingerprint density at radius 1 is 1.35 bits per heavy atom. The molecule has 0 bridgehead atoms. The summed E-state index contributed by atoms with van der Waals surface area (Å²) in [6.45, 7) is 6.49. The van der Waals surface area contributed by atoms with Crippen LogP contribution in [-0.4, -0.2) is 25.0 Å². The van der Waals surface area contributed by atoms with Gasteiger partial charge in [-0.2, -0.15) is 0 Å². The molecule has 17 heavy (non-hydrogen) atoms. The van der Waals surface area contributed by atoms with Gasteiger partial charge in [0.05, 0.1) is 5.92 Å². The van der Waals surface area contributed by atoms with E-state index in [1.165, 1.54) is 19.3 Å². The first-order valence-electron chi connectivity index (χ1n) is 7.23. The summed E-state index contributed by atoms with van der Waals surface area (Å²) in [4.78, 5) is 12.1. The Labute approximate surface area is 105 Å². The molecule has 4 unspecified atom stereocenters. The molecule has 4 atom stereocenters. The average Bonchev–Trinajstić information content (AvgIpc) is 2.71. The van der Waals surface area contributed by atoms with Gasteiger partial charge in [-0.05, 0) is 44.1 Å². The first-order valence-corrected chi connectivity index (χ1v) is 7.23. The number of carbonyl (C=O) groups excluding carboxylic acids is 1. The van der Waals surface area contributed by atoms with E-state index in [9.17, 15) is 4.79 Å². The van der Waals surface area contributed by atoms with Crippen molar-refractivity contribution in [2.75, 3.05) is 13.1 Å². The predicted molar refractivity (Wildman–Crippen MR) is 69.7 cm³/mol. The molecule has 1 saturated carbocycles. The van der Waals surface area contributed by atoms with Crippen molar-refractivity contribution >= 4 is 5.91 Å². The highest BCUT2D eigenvalue weighted by Crippen LogP contribution is 2.34. The molecule has 1 amide bonds. The van der Waals surface area contributed by atoms with E-state index in [0.29, 0.717) is 12.0 Å². The van der Waals surface area contributed by atoms with Crippen LogP contribution >= 0.6 is 0 Å². The summed E-state index contributed by atoms with van der Waals surface area (Å²) in [7, 11) is 0. The zero-order valence-electron chi connectivity index (χ0n) is 11.2. The number of rotatable bonds is 3. The zero-order valence-corrected chi connectivity index (χ0v) is 11.2. The van der Waals surface area contributed by atoms with Gasteiger partial charge >= 0.3 is 0 Å². The first kappa shape index (κ1) is 12.9. The van der Waals surface area contributed by atoms with Crippen molar-refractivity contribution in [2.24, 2.45) is 17.8 Å². The van der Waals surface area contributed by atoms with Gasteiger partial charge in [-0.1, -0.05) is 20.3 Å². The lowest BCUT2D eigenvalue weighted by Gasteiger charge is -2.26. The van der Waals surface area contributed by atoms with E-state index in [2.05, 4.69) is 24.5 Å². The fraction of sp³-hybridized carbons (Fsp3) is 0.929. The molecule has 2 aliphatic rings. The Kier molecular flexibility index (Phi) is 4.43. The molecule has 1 heterocycles. The van der Waals surface area contributed by atoms with E-state index in [1.807, 2.05) is 0 Å². The van der Waals surface area contributed by atoms with E-state index in [4.69, 9.17) is 0 Å². The third kappa shape index (κ3) is 3.01. The fourth-order valence-corrected chi connectivity index (χ4v) is 3.40. The Hall–Kier alpha value is -0.570. The van der Waals surface area contributed by atoms with Crippen molar-refractivity contribution in [1.82, 2.24) is 10.6 Å². The molecular weight excluding hydrogens is 212 g/mol. The molecule has 3 heteroatoms. The summed E-state index contributed by atoms with van der Waals surface area (Å²) in [6.07, 6.45) is 5.89. The molecule has 0 aromatic carbocycles. The van der Waals surface area contributed by atoms with Crippen LogP contribution in [0.2, 0.25) is 0 Å². The Morgan fingerprint density at radius 2 is 2.18 bits per heavy atom. The summed E-state index contributed by atoms with van der Waals surface area (Å²) in [5.74, 6) is 1.95. The second-order valence-electron chi connectivity index (χ2n) is 5.76. The van der Waals surface area contributed by atoms with Crippen LogP contribution < -0.4 is 10.6 Å². The van der Waals surface area contributed by atoms with Crippen molar-refractivity contribution in [3.63, 3.8) is 0 Å². The summed E-state index contributed by atoms with van der Waals surface area (Å²) >= 11 is 0. The molecule has 0 radical (unpaired) electrons. The van der Waals surface area contributed by atoms with Gasteiger partial charge in [0.25, 0.3) is 0 Å². The zero-order chi connectivity index (χ0) is 12.3. The summed E-state index contributed by atoms with van der Waals surface area (Å²) in [5.41, 5.74) is 0. The second kappa shape index (κ2) is 5.85. The monoisotopic (exact) mass is 238 g/mol. The minimum absolute atomic E-state index is 0.205. The van der Waals surface area contributed by atoms with E-state index < -0.39 is 0 Å². The van der Waals surface area contributed by atoms with Crippen LogP contribution in [0.4, 0.5) is 0 Å². The van der Waals surface area contributed by atoms with Gasteiger partial charge in [0.1, 0.15) is 0 Å². The molecule has 0 aromatic heterocycles. The molecule has 2 rings (SSSR count). The number of piperidine rings is 1. The standard InChI is InChI=1S/C14H26N2O/c1-3-11-6-7-13(10(11)2)16-14(17)12-5-4-8-15-9-12/h10-13,15H,3-9H2,1-2H3,(H,16,17). The molecule has 2 N–H and O–H groups in total. The van der Waals surface area contributed by atoms with E-state index >= 15 is 0 Å². The Balaban J connectivity index is 1.82. The van der Waals surface area contributed by atoms with E-state index in [1.54, 1.807) is 0 Å². The molecule has 2 fully saturated rings. The quantitative estimate of drug-likeness (QED) is 0.789. The highest BCUT2D eigenvalue weighted by molar-refractivity contribution is 5.79. The molecule has 1 aliphatic carbocycles. The molecule has 1 aliphatic heterocycles. The highest BCUT2D eigenvalue weighted by Gasteiger charge is 2.33. The lowest BCUT2D eigenvalue weighted by atomic mass is 9.92. The van der Waals surface area contributed by atoms with E-state index in [-0.39, 0.29) is 11.8 Å². The van der Waals surface area contributed by atoms with Crippen LogP contribution in [0.5, 0.6) is 0 Å². The van der Waals surface area contributed by atoms with Gasteiger partial charge in [0.15, 0.2) is 0 Å². The number of hydrogen-bond donors (Lipinski definition) is 2. The summed E-state index contributed by atoms with van der Waals surface area (Å²) in [5, 5.41) is 6.59. The first-order chi connectivity index (χ1) is 8.22. The van der Waals surface area contributed by atoms with Crippen LogP contribution in [0.3, 0.4) is 0 Å². The second-order valence-corrected chi connectivity index (χ2v) is 5.76. The van der Waals surface area contributed by atoms with Gasteiger partial charge in [-0.15, -0.1) is 0 Å². The maximum absolute atomic E-state index is 12.1. The SMILES string of the molecule is CCC1CCC(NC(=O)C2CCCNC2)C1C. The molecule has 1 saturated heterocycles. The number of nitrogens with one attached hydrogen (secondary N) is 2. The van der Waals surface area contributed by atoms with Gasteiger partial charge in [-0.3, -0.25) is 4.79 Å². The highest BCUT2D eigenvalue weighted by atomic mass is 16.2. The Morgan fingerprint density at radius 3 is 2.76 bits per heavy atom. The number of hydrogen-bond acceptors (Lipinski definition) is 2. The van der Waals surface area contributed by atoms with E-state index in [0.717, 1.165) is 31.8 Å². The lowest BCUT2D eigenvalue weighted by Crippen LogP contribution is -2.45. The molecule has 0 aromatic rings. The smallest absolute Gasteiger partial charge is 0.224 e. The lowest BCUT2D eigenvalue weighted by molar-refractivity contribution is -0.126. The van der Waals surface area contributed by atoms with Crippen LogP contribution in [0.1, 0.15) is 46.0 Å². The largest absolute Gasteiger partial charge is 0.353 e. The Bertz CT molecular complexity index is 261. The van der Waals surface area contributed by atoms with Gasteiger partial charge < -0.3 is 10.6 Å². The summed E-state index contributed by atoms with van der Waals surface area (Å²) < 4.78 is 0. The minimum Gasteiger partial charge on any atom is -0.353 e. The van der Waals surface area contributed by atoms with Gasteiger partial charge in [0.2, 0.25) is 5.91 Å². The molecule has 0 spiro atoms. The van der Waals surface area contributed by atoms with Crippen LogP contribution in [0, 0.1) is 17.8 Å². The maximum Gasteiger partial charge on any atom is 0.224 e. The predicted octanol–water partition coefficient (Wildman–Crippen LogP) is 1.93. The summed E-state index contributed by atoms with van der Waals surface area (Å²) in [6, 6.07) is 0.425. The number of amides is 1. The molecule has 98 valence electrons. The fourth-order valence-electron chi connectivity index (χ4n) is 3.40. The van der Waals surface area contributed by atoms with Crippen molar-refractivity contribution < 1.29 is 4.79 Å². The average molecular weight is 238 g/mol. The van der Waals surface area contributed by atoms with Crippen molar-refractivity contribution in [3.8, 4) is 0 Å². The third-order valence-electron chi connectivity index (χ3n) is 4.75. The van der Waals surface area contributed by atoms with Gasteiger partial charge in [0, 0.05) is 12.6 Å². The van der Waals surface area contributed by atoms with Crippen molar-refractivity contribution in [2.45, 2.75) is 52.0 Å². The normalized spacial score (nSPS) is 38.0. The van der Waals surface area contributed by atoms with Crippen LogP contribution in [-0.2, 0) is 4.79 Å². The minimum atomic E-state index is 0.205. The number of carbonyl (C=O) groups is 1. The molecule has 3 nitrogen and oxygen atoms in total.